The fraction of sp³-hybridized carbons (Fsp3) is 0.500. The van der Waals surface area contributed by atoms with Crippen molar-refractivity contribution in [2.45, 2.75) is 37.9 Å². The highest BCUT2D eigenvalue weighted by molar-refractivity contribution is 5.75. The molecule has 0 aliphatic rings. The summed E-state index contributed by atoms with van der Waals surface area (Å²) in [4.78, 5) is 11.3. The molecule has 0 bridgehead atoms. The Labute approximate surface area is 115 Å². The second-order valence-corrected chi connectivity index (χ2v) is 4.56. The highest BCUT2D eigenvalue weighted by atomic mass is 19.4. The van der Waals surface area contributed by atoms with Crippen molar-refractivity contribution in [3.8, 4) is 0 Å². The van der Waals surface area contributed by atoms with Crippen LogP contribution in [-0.2, 0) is 15.7 Å². The molecule has 2 atom stereocenters. The van der Waals surface area contributed by atoms with Crippen molar-refractivity contribution in [2.75, 3.05) is 7.11 Å². The first-order chi connectivity index (χ1) is 9.31. The molecule has 3 nitrogen and oxygen atoms in total. The van der Waals surface area contributed by atoms with Gasteiger partial charge in [0.25, 0.3) is 0 Å². The van der Waals surface area contributed by atoms with Gasteiger partial charge < -0.3 is 10.5 Å². The first-order valence-corrected chi connectivity index (χ1v) is 6.30. The normalized spacial score (nSPS) is 14.7. The molecule has 2 N–H and O–H groups in total. The number of nitrogens with two attached hydrogens (primary N) is 1. The molecule has 2 unspecified atom stereocenters. The van der Waals surface area contributed by atoms with Crippen LogP contribution in [0, 0.1) is 0 Å². The van der Waals surface area contributed by atoms with Crippen LogP contribution in [0.4, 0.5) is 13.2 Å². The van der Waals surface area contributed by atoms with E-state index in [0.717, 1.165) is 6.07 Å². The Balaban J connectivity index is 3.04. The second kappa shape index (κ2) is 6.74. The quantitative estimate of drug-likeness (QED) is 0.847. The lowest BCUT2D eigenvalue weighted by atomic mass is 9.87. The van der Waals surface area contributed by atoms with Crippen molar-refractivity contribution in [3.05, 3.63) is 35.4 Å². The van der Waals surface area contributed by atoms with Gasteiger partial charge >= 0.3 is 12.1 Å². The Morgan fingerprint density at radius 2 is 1.95 bits per heavy atom. The second-order valence-electron chi connectivity index (χ2n) is 4.56. The third-order valence-electron chi connectivity index (χ3n) is 3.24. The molecule has 0 radical (unpaired) electrons. The molecule has 1 aromatic carbocycles. The van der Waals surface area contributed by atoms with E-state index < -0.39 is 29.7 Å². The molecule has 112 valence electrons. The molecule has 0 aliphatic heterocycles. The van der Waals surface area contributed by atoms with Crippen LogP contribution >= 0.6 is 0 Å². The third-order valence-corrected chi connectivity index (χ3v) is 3.24. The van der Waals surface area contributed by atoms with E-state index in [2.05, 4.69) is 4.74 Å². The number of hydrogen-bond acceptors (Lipinski definition) is 3. The van der Waals surface area contributed by atoms with E-state index in [9.17, 15) is 18.0 Å². The van der Waals surface area contributed by atoms with Crippen LogP contribution in [0.2, 0.25) is 0 Å². The number of hydrogen-bond donors (Lipinski definition) is 1. The standard InChI is InChI=1S/C14H18F3NO2/c1-3-9(8-12(18)13(19)20-2)10-6-4-5-7-11(10)14(15,16)17/h4-7,9,12H,3,8,18H2,1-2H3. The van der Waals surface area contributed by atoms with Crippen LogP contribution in [0.15, 0.2) is 24.3 Å². The van der Waals surface area contributed by atoms with E-state index in [1.54, 1.807) is 13.0 Å². The molecule has 20 heavy (non-hydrogen) atoms. The summed E-state index contributed by atoms with van der Waals surface area (Å²) in [6, 6.07) is 4.45. The minimum Gasteiger partial charge on any atom is -0.468 e. The van der Waals surface area contributed by atoms with Gasteiger partial charge in [-0.05, 0) is 30.4 Å². The molecule has 6 heteroatoms. The van der Waals surface area contributed by atoms with Crippen molar-refractivity contribution in [1.29, 1.82) is 0 Å². The lowest BCUT2D eigenvalue weighted by molar-refractivity contribution is -0.142. The van der Waals surface area contributed by atoms with Crippen LogP contribution in [0.5, 0.6) is 0 Å². The number of benzene rings is 1. The van der Waals surface area contributed by atoms with Crippen LogP contribution in [0.1, 0.15) is 36.8 Å². The fourth-order valence-corrected chi connectivity index (χ4v) is 2.18. The van der Waals surface area contributed by atoms with Crippen molar-refractivity contribution >= 4 is 5.97 Å². The van der Waals surface area contributed by atoms with Gasteiger partial charge in [-0.15, -0.1) is 0 Å². The van der Waals surface area contributed by atoms with Gasteiger partial charge in [-0.3, -0.25) is 4.79 Å². The van der Waals surface area contributed by atoms with Crippen molar-refractivity contribution in [3.63, 3.8) is 0 Å². The summed E-state index contributed by atoms with van der Waals surface area (Å²) >= 11 is 0. The Hall–Kier alpha value is -1.56. The van der Waals surface area contributed by atoms with E-state index in [0.29, 0.717) is 6.42 Å². The average molecular weight is 289 g/mol. The molecular weight excluding hydrogens is 271 g/mol. The van der Waals surface area contributed by atoms with Crippen molar-refractivity contribution in [2.24, 2.45) is 5.73 Å². The zero-order chi connectivity index (χ0) is 15.3. The van der Waals surface area contributed by atoms with Gasteiger partial charge in [0.2, 0.25) is 0 Å². The average Bonchev–Trinajstić information content (AvgIpc) is 2.42. The molecule has 0 spiro atoms. The maximum Gasteiger partial charge on any atom is 0.416 e. The van der Waals surface area contributed by atoms with Gasteiger partial charge in [0.15, 0.2) is 0 Å². The summed E-state index contributed by atoms with van der Waals surface area (Å²) in [6.45, 7) is 1.77. The monoisotopic (exact) mass is 289 g/mol. The number of ether oxygens (including phenoxy) is 1. The minimum atomic E-state index is -4.42. The smallest absolute Gasteiger partial charge is 0.416 e. The minimum absolute atomic E-state index is 0.121. The molecule has 0 fully saturated rings. The maximum atomic E-state index is 13.0. The van der Waals surface area contributed by atoms with Gasteiger partial charge in [0, 0.05) is 0 Å². The first kappa shape index (κ1) is 16.5. The van der Waals surface area contributed by atoms with Crippen LogP contribution in [-0.4, -0.2) is 19.1 Å². The van der Waals surface area contributed by atoms with Crippen LogP contribution in [0.25, 0.3) is 0 Å². The third kappa shape index (κ3) is 3.96. The Kier molecular flexibility index (Phi) is 5.56. The number of methoxy groups -OCH3 is 1. The Morgan fingerprint density at radius 3 is 2.45 bits per heavy atom. The van der Waals surface area contributed by atoms with E-state index in [1.807, 2.05) is 0 Å². The number of carbonyl (C=O) groups is 1. The van der Waals surface area contributed by atoms with Gasteiger partial charge in [-0.2, -0.15) is 13.2 Å². The SMILES string of the molecule is CCC(CC(N)C(=O)OC)c1ccccc1C(F)(F)F. The van der Waals surface area contributed by atoms with Gasteiger partial charge in [0.05, 0.1) is 12.7 Å². The van der Waals surface area contributed by atoms with E-state index in [-0.39, 0.29) is 12.0 Å². The van der Waals surface area contributed by atoms with Gasteiger partial charge in [-0.1, -0.05) is 25.1 Å². The Bertz CT molecular complexity index is 460. The number of esters is 1. The number of rotatable bonds is 5. The molecule has 0 aromatic heterocycles. The van der Waals surface area contributed by atoms with Crippen LogP contribution < -0.4 is 5.73 Å². The highest BCUT2D eigenvalue weighted by Gasteiger charge is 2.35. The predicted octanol–water partition coefficient (Wildman–Crippen LogP) is 3.09. The maximum absolute atomic E-state index is 13.0. The van der Waals surface area contributed by atoms with E-state index >= 15 is 0 Å². The summed E-state index contributed by atoms with van der Waals surface area (Å²) in [5, 5.41) is 0. The molecule has 1 rings (SSSR count). The zero-order valence-electron chi connectivity index (χ0n) is 11.4. The van der Waals surface area contributed by atoms with Crippen molar-refractivity contribution < 1.29 is 22.7 Å². The largest absolute Gasteiger partial charge is 0.468 e. The number of alkyl halides is 3. The van der Waals surface area contributed by atoms with E-state index in [1.165, 1.54) is 19.2 Å². The lowest BCUT2D eigenvalue weighted by Crippen LogP contribution is -2.33. The van der Waals surface area contributed by atoms with Gasteiger partial charge in [0.1, 0.15) is 6.04 Å². The van der Waals surface area contributed by atoms with Gasteiger partial charge in [-0.25, -0.2) is 0 Å². The highest BCUT2D eigenvalue weighted by Crippen LogP contribution is 2.37. The number of halogens is 3. The fourth-order valence-electron chi connectivity index (χ4n) is 2.18. The summed E-state index contributed by atoms with van der Waals surface area (Å²) < 4.78 is 43.5. The molecular formula is C14H18F3NO2. The molecule has 1 aromatic rings. The molecule has 0 heterocycles. The van der Waals surface area contributed by atoms with Crippen molar-refractivity contribution in [1.82, 2.24) is 0 Å². The zero-order valence-corrected chi connectivity index (χ0v) is 11.4. The molecule has 0 aliphatic carbocycles. The summed E-state index contributed by atoms with van der Waals surface area (Å²) in [6.07, 6.45) is -3.84. The topological polar surface area (TPSA) is 52.3 Å². The summed E-state index contributed by atoms with van der Waals surface area (Å²) in [5.41, 5.74) is 5.14. The lowest BCUT2D eigenvalue weighted by Gasteiger charge is -2.22. The summed E-state index contributed by atoms with van der Waals surface area (Å²) in [7, 11) is 1.20. The summed E-state index contributed by atoms with van der Waals surface area (Å²) in [5.74, 6) is -1.06. The Morgan fingerprint density at radius 1 is 1.35 bits per heavy atom. The predicted molar refractivity (Wildman–Crippen MR) is 69.1 cm³/mol. The van der Waals surface area contributed by atoms with Crippen LogP contribution in [0.3, 0.4) is 0 Å². The molecule has 0 amide bonds. The molecule has 0 saturated carbocycles. The molecule has 0 saturated heterocycles. The number of carbonyl (C=O) groups excluding carboxylic acids is 1. The van der Waals surface area contributed by atoms with E-state index in [4.69, 9.17) is 5.73 Å². The first-order valence-electron chi connectivity index (χ1n) is 6.30.